The minimum Gasteiger partial charge on any atom is -0.353 e. The van der Waals surface area contributed by atoms with E-state index >= 15 is 0 Å². The highest BCUT2D eigenvalue weighted by molar-refractivity contribution is 5.95. The van der Waals surface area contributed by atoms with Crippen molar-refractivity contribution in [2.45, 2.75) is 12.8 Å². The fraction of sp³-hybridized carbons (Fsp3) is 0.136. The van der Waals surface area contributed by atoms with Crippen molar-refractivity contribution in [1.29, 1.82) is 0 Å². The largest absolute Gasteiger partial charge is 0.353 e. The lowest BCUT2D eigenvalue weighted by Crippen LogP contribution is -2.13. The van der Waals surface area contributed by atoms with Crippen molar-refractivity contribution >= 4 is 33.5 Å². The van der Waals surface area contributed by atoms with E-state index in [2.05, 4.69) is 30.5 Å². The molecule has 0 atom stereocenters. The van der Waals surface area contributed by atoms with Gasteiger partial charge in [0.25, 0.3) is 0 Å². The standard InChI is InChI=1S/C22H17N7O/c30-22(12-1-2-12)25-15-7-13(10-24-11-15)16-3-4-18-20(27-16)21(29-28-18)19-8-14-9-23-6-5-17(14)26-19/h3-12,26H,1-2H2,(H,25,30)(H,28,29). The first kappa shape index (κ1) is 16.8. The number of nitrogens with zero attached hydrogens (tertiary/aromatic N) is 4. The molecule has 30 heavy (non-hydrogen) atoms. The summed E-state index contributed by atoms with van der Waals surface area (Å²) in [5.41, 5.74) is 6.50. The Bertz CT molecular complexity index is 1380. The highest BCUT2D eigenvalue weighted by atomic mass is 16.2. The summed E-state index contributed by atoms with van der Waals surface area (Å²) in [6.45, 7) is 0. The number of amides is 1. The Hall–Kier alpha value is -4.07. The van der Waals surface area contributed by atoms with E-state index in [0.29, 0.717) is 5.69 Å². The van der Waals surface area contributed by atoms with Gasteiger partial charge in [-0.2, -0.15) is 5.10 Å². The van der Waals surface area contributed by atoms with Gasteiger partial charge in [0.2, 0.25) is 5.91 Å². The van der Waals surface area contributed by atoms with Crippen LogP contribution in [0.1, 0.15) is 12.8 Å². The lowest BCUT2D eigenvalue weighted by molar-refractivity contribution is -0.117. The van der Waals surface area contributed by atoms with Gasteiger partial charge in [0.15, 0.2) is 0 Å². The first-order valence-corrected chi connectivity index (χ1v) is 9.79. The van der Waals surface area contributed by atoms with Crippen molar-refractivity contribution < 1.29 is 4.79 Å². The van der Waals surface area contributed by atoms with Gasteiger partial charge in [-0.05, 0) is 43.2 Å². The maximum absolute atomic E-state index is 12.1. The van der Waals surface area contributed by atoms with Gasteiger partial charge in [-0.3, -0.25) is 19.9 Å². The van der Waals surface area contributed by atoms with Crippen LogP contribution in [0.15, 0.2) is 55.1 Å². The van der Waals surface area contributed by atoms with Gasteiger partial charge in [0.05, 0.1) is 28.8 Å². The zero-order valence-electron chi connectivity index (χ0n) is 15.9. The van der Waals surface area contributed by atoms with Crippen molar-refractivity contribution in [3.63, 3.8) is 0 Å². The molecular weight excluding hydrogens is 378 g/mol. The summed E-state index contributed by atoms with van der Waals surface area (Å²) in [7, 11) is 0. The van der Waals surface area contributed by atoms with E-state index in [4.69, 9.17) is 4.98 Å². The molecule has 5 aromatic heterocycles. The highest BCUT2D eigenvalue weighted by Crippen LogP contribution is 2.31. The molecular formula is C22H17N7O. The van der Waals surface area contributed by atoms with E-state index in [1.54, 1.807) is 18.6 Å². The number of aromatic nitrogens is 6. The number of pyridine rings is 3. The summed E-state index contributed by atoms with van der Waals surface area (Å²) in [6.07, 6.45) is 8.90. The smallest absolute Gasteiger partial charge is 0.227 e. The maximum atomic E-state index is 12.1. The molecule has 0 bridgehead atoms. The molecule has 6 rings (SSSR count). The van der Waals surface area contributed by atoms with Crippen LogP contribution in [-0.2, 0) is 4.79 Å². The molecule has 1 saturated carbocycles. The molecule has 0 aromatic carbocycles. The van der Waals surface area contributed by atoms with Crippen LogP contribution in [-0.4, -0.2) is 36.0 Å². The minimum atomic E-state index is 0.0581. The van der Waals surface area contributed by atoms with Crippen molar-refractivity contribution in [1.82, 2.24) is 30.1 Å². The summed E-state index contributed by atoms with van der Waals surface area (Å²) >= 11 is 0. The quantitative estimate of drug-likeness (QED) is 0.427. The van der Waals surface area contributed by atoms with Crippen molar-refractivity contribution in [2.75, 3.05) is 5.32 Å². The predicted molar refractivity (Wildman–Crippen MR) is 114 cm³/mol. The van der Waals surface area contributed by atoms with Gasteiger partial charge in [-0.1, -0.05) is 0 Å². The van der Waals surface area contributed by atoms with Crippen molar-refractivity contribution in [3.8, 4) is 22.6 Å². The summed E-state index contributed by atoms with van der Waals surface area (Å²) in [6, 6.07) is 9.72. The first-order chi connectivity index (χ1) is 14.7. The van der Waals surface area contributed by atoms with E-state index < -0.39 is 0 Å². The van der Waals surface area contributed by atoms with Gasteiger partial charge in [-0.25, -0.2) is 4.98 Å². The van der Waals surface area contributed by atoms with Crippen LogP contribution in [0, 0.1) is 5.92 Å². The number of anilines is 1. The summed E-state index contributed by atoms with van der Waals surface area (Å²) in [4.78, 5) is 28.7. The number of hydrogen-bond donors (Lipinski definition) is 3. The Balaban J connectivity index is 1.40. The molecule has 3 N–H and O–H groups in total. The number of aromatic amines is 2. The Kier molecular flexibility index (Phi) is 3.64. The number of rotatable bonds is 4. The SMILES string of the molecule is O=C(Nc1cncc(-c2ccc3[nH]nc(-c4cc5cnccc5[nH]4)c3n2)c1)C1CC1. The third-order valence-electron chi connectivity index (χ3n) is 5.33. The average Bonchev–Trinajstić information content (AvgIpc) is 3.40. The van der Waals surface area contributed by atoms with Crippen LogP contribution < -0.4 is 5.32 Å². The molecule has 0 aliphatic heterocycles. The number of H-pyrrole nitrogens is 2. The highest BCUT2D eigenvalue weighted by Gasteiger charge is 2.29. The topological polar surface area (TPSA) is 112 Å². The summed E-state index contributed by atoms with van der Waals surface area (Å²) < 4.78 is 0. The van der Waals surface area contributed by atoms with Crippen LogP contribution in [0.3, 0.4) is 0 Å². The fourth-order valence-electron chi connectivity index (χ4n) is 3.59. The Morgan fingerprint density at radius 3 is 2.83 bits per heavy atom. The number of carbonyl (C=O) groups excluding carboxylic acids is 1. The summed E-state index contributed by atoms with van der Waals surface area (Å²) in [5.74, 6) is 0.200. The molecule has 8 nitrogen and oxygen atoms in total. The molecule has 1 amide bonds. The second kappa shape index (κ2) is 6.48. The minimum absolute atomic E-state index is 0.0581. The molecule has 1 aliphatic carbocycles. The van der Waals surface area contributed by atoms with Crippen LogP contribution in [0.4, 0.5) is 5.69 Å². The van der Waals surface area contributed by atoms with E-state index in [9.17, 15) is 4.79 Å². The normalized spacial score (nSPS) is 13.7. The van der Waals surface area contributed by atoms with E-state index in [1.807, 2.05) is 36.5 Å². The van der Waals surface area contributed by atoms with Crippen LogP contribution >= 0.6 is 0 Å². The van der Waals surface area contributed by atoms with Gasteiger partial charge >= 0.3 is 0 Å². The van der Waals surface area contributed by atoms with Gasteiger partial charge in [0.1, 0.15) is 11.2 Å². The van der Waals surface area contributed by atoms with E-state index in [1.165, 1.54) is 0 Å². The average molecular weight is 395 g/mol. The third kappa shape index (κ3) is 2.89. The number of hydrogen-bond acceptors (Lipinski definition) is 5. The van der Waals surface area contributed by atoms with E-state index in [0.717, 1.165) is 57.4 Å². The number of nitrogens with one attached hydrogen (secondary N) is 3. The molecule has 8 heteroatoms. The predicted octanol–water partition coefficient (Wildman–Crippen LogP) is 3.91. The molecule has 0 saturated heterocycles. The third-order valence-corrected chi connectivity index (χ3v) is 5.33. The zero-order valence-corrected chi connectivity index (χ0v) is 15.9. The second-order valence-electron chi connectivity index (χ2n) is 7.54. The maximum Gasteiger partial charge on any atom is 0.227 e. The number of carbonyl (C=O) groups is 1. The number of fused-ring (bicyclic) bond motifs is 2. The van der Waals surface area contributed by atoms with Gasteiger partial charge in [-0.15, -0.1) is 0 Å². The zero-order chi connectivity index (χ0) is 20.1. The molecule has 0 spiro atoms. The lowest BCUT2D eigenvalue weighted by atomic mass is 10.1. The van der Waals surface area contributed by atoms with Gasteiger partial charge < -0.3 is 10.3 Å². The molecule has 5 aromatic rings. The van der Waals surface area contributed by atoms with Crippen LogP contribution in [0.2, 0.25) is 0 Å². The Morgan fingerprint density at radius 1 is 1.03 bits per heavy atom. The van der Waals surface area contributed by atoms with Crippen LogP contribution in [0.5, 0.6) is 0 Å². The molecule has 5 heterocycles. The second-order valence-corrected chi connectivity index (χ2v) is 7.54. The van der Waals surface area contributed by atoms with Crippen LogP contribution in [0.25, 0.3) is 44.6 Å². The fourth-order valence-corrected chi connectivity index (χ4v) is 3.59. The Labute approximate surface area is 170 Å². The molecule has 1 fully saturated rings. The Morgan fingerprint density at radius 2 is 1.97 bits per heavy atom. The van der Waals surface area contributed by atoms with Crippen molar-refractivity contribution in [3.05, 3.63) is 55.1 Å². The molecule has 1 aliphatic rings. The van der Waals surface area contributed by atoms with E-state index in [-0.39, 0.29) is 11.8 Å². The van der Waals surface area contributed by atoms with Crippen molar-refractivity contribution in [2.24, 2.45) is 5.92 Å². The monoisotopic (exact) mass is 395 g/mol. The lowest BCUT2D eigenvalue weighted by Gasteiger charge is -2.06. The van der Waals surface area contributed by atoms with Gasteiger partial charge in [0, 0.05) is 41.0 Å². The molecule has 0 unspecified atom stereocenters. The summed E-state index contributed by atoms with van der Waals surface area (Å²) in [5, 5.41) is 11.5. The first-order valence-electron chi connectivity index (χ1n) is 9.79. The molecule has 0 radical (unpaired) electrons. The molecule has 146 valence electrons.